The highest BCUT2D eigenvalue weighted by Crippen LogP contribution is 2.26. The summed E-state index contributed by atoms with van der Waals surface area (Å²) < 4.78 is 0. The van der Waals surface area contributed by atoms with E-state index in [1.165, 1.54) is 6.42 Å². The number of hydrogen-bond donors (Lipinski definition) is 1. The van der Waals surface area contributed by atoms with Gasteiger partial charge in [0.25, 0.3) is 5.91 Å². The van der Waals surface area contributed by atoms with Gasteiger partial charge in [-0.15, -0.1) is 0 Å². The highest BCUT2D eigenvalue weighted by atomic mass is 16.3. The lowest BCUT2D eigenvalue weighted by Crippen LogP contribution is -2.52. The summed E-state index contributed by atoms with van der Waals surface area (Å²) in [6.07, 6.45) is 4.43. The van der Waals surface area contributed by atoms with Gasteiger partial charge in [-0.3, -0.25) is 4.79 Å². The predicted molar refractivity (Wildman–Crippen MR) is 44.6 cm³/mol. The van der Waals surface area contributed by atoms with Crippen molar-refractivity contribution in [2.75, 3.05) is 6.54 Å². The number of nitrogens with zero attached hydrogens (tertiary/aromatic N) is 1. The minimum absolute atomic E-state index is 0.0362. The smallest absolute Gasteiger partial charge is 0.251 e. The number of carbonyl (C=O) groups is 1. The lowest BCUT2D eigenvalue weighted by atomic mass is 9.92. The first kappa shape index (κ1) is 8.05. The van der Waals surface area contributed by atoms with Crippen LogP contribution in [0.15, 0.2) is 0 Å². The monoisotopic (exact) mass is 169 g/mol. The molecule has 1 amide bonds. The summed E-state index contributed by atoms with van der Waals surface area (Å²) in [7, 11) is 0. The summed E-state index contributed by atoms with van der Waals surface area (Å²) >= 11 is 0. The molecule has 0 radical (unpaired) electrons. The Labute approximate surface area is 72.4 Å². The normalized spacial score (nSPS) is 36.4. The van der Waals surface area contributed by atoms with Crippen LogP contribution in [-0.2, 0) is 4.79 Å². The molecule has 2 rings (SSSR count). The van der Waals surface area contributed by atoms with Crippen molar-refractivity contribution < 1.29 is 9.90 Å². The molecular weight excluding hydrogens is 154 g/mol. The van der Waals surface area contributed by atoms with E-state index in [9.17, 15) is 9.90 Å². The van der Waals surface area contributed by atoms with Crippen molar-refractivity contribution >= 4 is 5.91 Å². The van der Waals surface area contributed by atoms with Gasteiger partial charge in [0, 0.05) is 12.6 Å². The Kier molecular flexibility index (Phi) is 2.05. The molecule has 0 spiro atoms. The van der Waals surface area contributed by atoms with E-state index in [4.69, 9.17) is 0 Å². The molecule has 0 saturated carbocycles. The van der Waals surface area contributed by atoms with Crippen molar-refractivity contribution in [2.24, 2.45) is 0 Å². The molecule has 2 saturated heterocycles. The van der Waals surface area contributed by atoms with Gasteiger partial charge in [0.05, 0.1) is 0 Å². The minimum Gasteiger partial charge on any atom is -0.383 e. The molecule has 0 aliphatic carbocycles. The van der Waals surface area contributed by atoms with Gasteiger partial charge in [-0.05, 0) is 32.1 Å². The van der Waals surface area contributed by atoms with Crippen LogP contribution in [-0.4, -0.2) is 34.6 Å². The molecule has 2 heterocycles. The largest absolute Gasteiger partial charge is 0.383 e. The molecule has 3 heteroatoms. The van der Waals surface area contributed by atoms with Gasteiger partial charge >= 0.3 is 0 Å². The zero-order chi connectivity index (χ0) is 8.55. The summed E-state index contributed by atoms with van der Waals surface area (Å²) in [6, 6.07) is 0.439. The van der Waals surface area contributed by atoms with E-state index in [1.807, 2.05) is 4.90 Å². The molecule has 0 aromatic heterocycles. The van der Waals surface area contributed by atoms with Crippen molar-refractivity contribution in [2.45, 2.75) is 44.2 Å². The van der Waals surface area contributed by atoms with Crippen LogP contribution in [0.2, 0.25) is 0 Å². The maximum Gasteiger partial charge on any atom is 0.251 e. The van der Waals surface area contributed by atoms with Crippen LogP contribution in [0.1, 0.15) is 32.1 Å². The molecule has 68 valence electrons. The topological polar surface area (TPSA) is 40.5 Å². The number of aliphatic hydroxyl groups is 1. The van der Waals surface area contributed by atoms with Crippen LogP contribution in [0.3, 0.4) is 0 Å². The van der Waals surface area contributed by atoms with E-state index in [0.717, 1.165) is 25.8 Å². The van der Waals surface area contributed by atoms with Crippen LogP contribution in [0, 0.1) is 0 Å². The van der Waals surface area contributed by atoms with Crippen molar-refractivity contribution in [3.05, 3.63) is 0 Å². The lowest BCUT2D eigenvalue weighted by Gasteiger charge is -2.40. The first-order valence-electron chi connectivity index (χ1n) is 4.77. The molecule has 0 bridgehead atoms. The van der Waals surface area contributed by atoms with Crippen LogP contribution < -0.4 is 0 Å². The molecule has 0 aromatic rings. The van der Waals surface area contributed by atoms with E-state index >= 15 is 0 Å². The van der Waals surface area contributed by atoms with Gasteiger partial charge in [-0.1, -0.05) is 0 Å². The molecule has 1 N–H and O–H groups in total. The molecule has 2 atom stereocenters. The first-order valence-corrected chi connectivity index (χ1v) is 4.77. The number of fused-ring (bicyclic) bond motifs is 1. The molecule has 3 nitrogen and oxygen atoms in total. The second-order valence-electron chi connectivity index (χ2n) is 3.77. The fraction of sp³-hybridized carbons (Fsp3) is 0.889. The Bertz CT molecular complexity index is 193. The van der Waals surface area contributed by atoms with Crippen LogP contribution in [0.4, 0.5) is 0 Å². The van der Waals surface area contributed by atoms with Gasteiger partial charge in [0.1, 0.15) is 6.10 Å². The number of aliphatic hydroxyl groups excluding tert-OH is 1. The summed E-state index contributed by atoms with van der Waals surface area (Å²) in [6.45, 7) is 0.862. The Morgan fingerprint density at radius 2 is 2.08 bits per heavy atom. The van der Waals surface area contributed by atoms with Gasteiger partial charge in [0.15, 0.2) is 0 Å². The SMILES string of the molecule is O=C1C(O)CCC2CCCCN12. The fourth-order valence-corrected chi connectivity index (χ4v) is 2.26. The third-order valence-corrected chi connectivity index (χ3v) is 2.97. The summed E-state index contributed by atoms with van der Waals surface area (Å²) in [5, 5.41) is 9.33. The zero-order valence-corrected chi connectivity index (χ0v) is 7.20. The number of amides is 1. The van der Waals surface area contributed by atoms with E-state index in [2.05, 4.69) is 0 Å². The van der Waals surface area contributed by atoms with E-state index < -0.39 is 6.10 Å². The number of rotatable bonds is 0. The van der Waals surface area contributed by atoms with E-state index in [1.54, 1.807) is 0 Å². The second kappa shape index (κ2) is 3.05. The van der Waals surface area contributed by atoms with Gasteiger partial charge in [-0.2, -0.15) is 0 Å². The second-order valence-corrected chi connectivity index (χ2v) is 3.77. The predicted octanol–water partition coefficient (Wildman–Crippen LogP) is 0.522. The standard InChI is InChI=1S/C9H15NO2/c11-8-5-4-7-3-1-2-6-10(7)9(8)12/h7-8,11H,1-6H2. The van der Waals surface area contributed by atoms with Gasteiger partial charge in [0.2, 0.25) is 0 Å². The van der Waals surface area contributed by atoms with Crippen molar-refractivity contribution in [1.82, 2.24) is 4.90 Å². The maximum atomic E-state index is 11.4. The van der Waals surface area contributed by atoms with Crippen LogP contribution in [0.5, 0.6) is 0 Å². The highest BCUT2D eigenvalue weighted by Gasteiger charge is 2.35. The third kappa shape index (κ3) is 1.22. The van der Waals surface area contributed by atoms with Crippen molar-refractivity contribution in [1.29, 1.82) is 0 Å². The Hall–Kier alpha value is -0.570. The summed E-state index contributed by atoms with van der Waals surface area (Å²) in [5.41, 5.74) is 0. The van der Waals surface area contributed by atoms with E-state index in [-0.39, 0.29) is 5.91 Å². The first-order chi connectivity index (χ1) is 5.79. The third-order valence-electron chi connectivity index (χ3n) is 2.97. The van der Waals surface area contributed by atoms with Crippen molar-refractivity contribution in [3.63, 3.8) is 0 Å². The number of piperidine rings is 2. The van der Waals surface area contributed by atoms with Crippen LogP contribution >= 0.6 is 0 Å². The quantitative estimate of drug-likeness (QED) is 0.574. The minimum atomic E-state index is -0.709. The molecule has 2 unspecified atom stereocenters. The molecular formula is C9H15NO2. The Balaban J connectivity index is 2.08. The number of hydrogen-bond acceptors (Lipinski definition) is 2. The highest BCUT2D eigenvalue weighted by molar-refractivity contribution is 5.81. The molecule has 2 aliphatic heterocycles. The molecule has 0 aromatic carbocycles. The van der Waals surface area contributed by atoms with Gasteiger partial charge in [-0.25, -0.2) is 0 Å². The summed E-state index contributed by atoms with van der Waals surface area (Å²) in [5.74, 6) is -0.0362. The Morgan fingerprint density at radius 3 is 2.92 bits per heavy atom. The number of carbonyl (C=O) groups excluding carboxylic acids is 1. The molecule has 2 fully saturated rings. The van der Waals surface area contributed by atoms with Crippen LogP contribution in [0.25, 0.3) is 0 Å². The summed E-state index contributed by atoms with van der Waals surface area (Å²) in [4.78, 5) is 13.3. The maximum absolute atomic E-state index is 11.4. The average Bonchev–Trinajstić information content (AvgIpc) is 2.12. The fourth-order valence-electron chi connectivity index (χ4n) is 2.26. The zero-order valence-electron chi connectivity index (χ0n) is 7.20. The molecule has 12 heavy (non-hydrogen) atoms. The molecule has 2 aliphatic rings. The Morgan fingerprint density at radius 1 is 1.25 bits per heavy atom. The average molecular weight is 169 g/mol. The van der Waals surface area contributed by atoms with E-state index in [0.29, 0.717) is 12.5 Å². The van der Waals surface area contributed by atoms with Crippen molar-refractivity contribution in [3.8, 4) is 0 Å². The lowest BCUT2D eigenvalue weighted by molar-refractivity contribution is -0.149. The van der Waals surface area contributed by atoms with Gasteiger partial charge < -0.3 is 10.0 Å².